The Morgan fingerprint density at radius 3 is 2.81 bits per heavy atom. The summed E-state index contributed by atoms with van der Waals surface area (Å²) in [4.78, 5) is 34.6. The number of nitrogens with zero attached hydrogens (tertiary/aromatic N) is 3. The number of benzene rings is 1. The van der Waals surface area contributed by atoms with Gasteiger partial charge in [-0.2, -0.15) is 0 Å². The predicted octanol–water partition coefficient (Wildman–Crippen LogP) is 2.41. The van der Waals surface area contributed by atoms with Crippen molar-refractivity contribution in [3.05, 3.63) is 59.7 Å². The van der Waals surface area contributed by atoms with Crippen molar-refractivity contribution >= 4 is 11.8 Å². The number of aromatic nitrogens is 2. The van der Waals surface area contributed by atoms with E-state index < -0.39 is 0 Å². The molecule has 136 valence electrons. The molecule has 0 saturated carbocycles. The van der Waals surface area contributed by atoms with Crippen LogP contribution in [0.2, 0.25) is 0 Å². The second-order valence-electron chi connectivity index (χ2n) is 6.58. The van der Waals surface area contributed by atoms with E-state index in [2.05, 4.69) is 15.3 Å². The maximum absolute atomic E-state index is 12.7. The number of rotatable bonds is 6. The molecule has 1 atom stereocenters. The van der Waals surface area contributed by atoms with E-state index in [-0.39, 0.29) is 17.9 Å². The maximum Gasteiger partial charge on any atom is 0.223 e. The highest BCUT2D eigenvalue weighted by Crippen LogP contribution is 2.31. The van der Waals surface area contributed by atoms with Gasteiger partial charge in [0.2, 0.25) is 11.8 Å². The van der Waals surface area contributed by atoms with Crippen LogP contribution in [0, 0.1) is 0 Å². The molecule has 1 aliphatic heterocycles. The van der Waals surface area contributed by atoms with E-state index >= 15 is 0 Å². The van der Waals surface area contributed by atoms with Crippen LogP contribution in [-0.4, -0.2) is 33.2 Å². The Balaban J connectivity index is 1.64. The number of hydrogen-bond acceptors (Lipinski definition) is 4. The number of hydrogen-bond donors (Lipinski definition) is 1. The summed E-state index contributed by atoms with van der Waals surface area (Å²) in [6, 6.07) is 10.0. The van der Waals surface area contributed by atoms with Gasteiger partial charge in [-0.25, -0.2) is 0 Å². The number of nitrogens with one attached hydrogen (secondary N) is 1. The molecule has 0 bridgehead atoms. The van der Waals surface area contributed by atoms with Gasteiger partial charge in [-0.05, 0) is 24.8 Å². The topological polar surface area (TPSA) is 75.2 Å². The predicted molar refractivity (Wildman–Crippen MR) is 98.0 cm³/mol. The Hall–Kier alpha value is -2.76. The molecule has 0 spiro atoms. The average molecular weight is 352 g/mol. The fraction of sp³-hybridized carbons (Fsp3) is 0.400. The van der Waals surface area contributed by atoms with Gasteiger partial charge in [-0.3, -0.25) is 19.6 Å². The first-order chi connectivity index (χ1) is 12.6. The summed E-state index contributed by atoms with van der Waals surface area (Å²) in [5.41, 5.74) is 2.69. The monoisotopic (exact) mass is 352 g/mol. The molecule has 1 saturated heterocycles. The van der Waals surface area contributed by atoms with Crippen LogP contribution in [0.15, 0.2) is 42.7 Å². The molecule has 1 fully saturated rings. The summed E-state index contributed by atoms with van der Waals surface area (Å²) in [5, 5.41) is 2.73. The van der Waals surface area contributed by atoms with Crippen molar-refractivity contribution in [1.29, 1.82) is 0 Å². The van der Waals surface area contributed by atoms with Crippen molar-refractivity contribution in [2.75, 3.05) is 6.54 Å². The number of carbonyl (C=O) groups is 2. The lowest BCUT2D eigenvalue weighted by atomic mass is 10.1. The minimum atomic E-state index is -0.101. The molecule has 6 heteroatoms. The Morgan fingerprint density at radius 2 is 2.04 bits per heavy atom. The highest BCUT2D eigenvalue weighted by molar-refractivity contribution is 5.77. The molecule has 2 heterocycles. The molecule has 1 aromatic heterocycles. The number of carbonyl (C=O) groups excluding carboxylic acids is 2. The third-order valence-electron chi connectivity index (χ3n) is 4.61. The van der Waals surface area contributed by atoms with E-state index in [1.54, 1.807) is 12.4 Å². The van der Waals surface area contributed by atoms with Crippen LogP contribution in [0.3, 0.4) is 0 Å². The minimum Gasteiger partial charge on any atom is -0.351 e. The summed E-state index contributed by atoms with van der Waals surface area (Å²) in [6.07, 6.45) is 6.49. The van der Waals surface area contributed by atoms with Crippen molar-refractivity contribution in [3.8, 4) is 0 Å². The Labute approximate surface area is 153 Å². The van der Waals surface area contributed by atoms with Gasteiger partial charge in [0.15, 0.2) is 0 Å². The van der Waals surface area contributed by atoms with Gasteiger partial charge in [0.1, 0.15) is 0 Å². The van der Waals surface area contributed by atoms with Crippen LogP contribution in [0.25, 0.3) is 0 Å². The molecular formula is C20H24N4O2. The maximum atomic E-state index is 12.7. The molecular weight excluding hydrogens is 328 g/mol. The van der Waals surface area contributed by atoms with Crippen LogP contribution < -0.4 is 5.32 Å². The fourth-order valence-corrected chi connectivity index (χ4v) is 3.30. The SMILES string of the molecule is CC(=O)NCc1cncc(C2CCCN2C(=O)CCc2ccccc2)n1. The van der Waals surface area contributed by atoms with Gasteiger partial charge in [0.05, 0.1) is 36.4 Å². The Morgan fingerprint density at radius 1 is 1.23 bits per heavy atom. The van der Waals surface area contributed by atoms with E-state index in [1.807, 2.05) is 35.2 Å². The van der Waals surface area contributed by atoms with Crippen molar-refractivity contribution in [1.82, 2.24) is 20.2 Å². The molecule has 0 radical (unpaired) electrons. The lowest BCUT2D eigenvalue weighted by molar-refractivity contribution is -0.132. The summed E-state index contributed by atoms with van der Waals surface area (Å²) in [6.45, 7) is 2.59. The summed E-state index contributed by atoms with van der Waals surface area (Å²) < 4.78 is 0. The zero-order valence-electron chi connectivity index (χ0n) is 15.0. The molecule has 1 aliphatic rings. The van der Waals surface area contributed by atoms with E-state index in [0.717, 1.165) is 31.5 Å². The molecule has 6 nitrogen and oxygen atoms in total. The third-order valence-corrected chi connectivity index (χ3v) is 4.61. The zero-order valence-corrected chi connectivity index (χ0v) is 15.0. The average Bonchev–Trinajstić information content (AvgIpc) is 3.15. The van der Waals surface area contributed by atoms with E-state index in [4.69, 9.17) is 0 Å². The summed E-state index contributed by atoms with van der Waals surface area (Å²) >= 11 is 0. The van der Waals surface area contributed by atoms with Crippen molar-refractivity contribution in [3.63, 3.8) is 0 Å². The molecule has 3 rings (SSSR count). The van der Waals surface area contributed by atoms with E-state index in [1.165, 1.54) is 12.5 Å². The lowest BCUT2D eigenvalue weighted by Gasteiger charge is -2.24. The Kier molecular flexibility index (Phi) is 5.94. The Bertz CT molecular complexity index is 763. The summed E-state index contributed by atoms with van der Waals surface area (Å²) in [5.74, 6) is 0.0567. The molecule has 26 heavy (non-hydrogen) atoms. The normalized spacial score (nSPS) is 16.5. The van der Waals surface area contributed by atoms with Crippen LogP contribution in [0.5, 0.6) is 0 Å². The first-order valence-corrected chi connectivity index (χ1v) is 9.02. The number of likely N-dealkylation sites (tertiary alicyclic amines) is 1. The lowest BCUT2D eigenvalue weighted by Crippen LogP contribution is -2.31. The number of amides is 2. The molecule has 1 unspecified atom stereocenters. The smallest absolute Gasteiger partial charge is 0.223 e. The van der Waals surface area contributed by atoms with E-state index in [9.17, 15) is 9.59 Å². The van der Waals surface area contributed by atoms with Crippen LogP contribution in [0.1, 0.15) is 49.2 Å². The third kappa shape index (κ3) is 4.65. The van der Waals surface area contributed by atoms with Gasteiger partial charge in [-0.1, -0.05) is 30.3 Å². The van der Waals surface area contributed by atoms with Gasteiger partial charge < -0.3 is 10.2 Å². The fourth-order valence-electron chi connectivity index (χ4n) is 3.30. The molecule has 1 aromatic carbocycles. The van der Waals surface area contributed by atoms with E-state index in [0.29, 0.717) is 18.7 Å². The van der Waals surface area contributed by atoms with Crippen LogP contribution in [0.4, 0.5) is 0 Å². The second-order valence-corrected chi connectivity index (χ2v) is 6.58. The van der Waals surface area contributed by atoms with Crippen molar-refractivity contribution in [2.45, 2.75) is 45.2 Å². The standard InChI is InChI=1S/C20H24N4O2/c1-15(25)22-13-17-12-21-14-18(23-17)19-8-5-11-24(19)20(26)10-9-16-6-3-2-4-7-16/h2-4,6-7,12,14,19H,5,8-11,13H2,1H3,(H,22,25). The second kappa shape index (κ2) is 8.56. The first kappa shape index (κ1) is 18.0. The van der Waals surface area contributed by atoms with Gasteiger partial charge >= 0.3 is 0 Å². The molecule has 1 N–H and O–H groups in total. The van der Waals surface area contributed by atoms with Crippen molar-refractivity contribution < 1.29 is 9.59 Å². The number of aryl methyl sites for hydroxylation is 1. The quantitative estimate of drug-likeness (QED) is 0.866. The first-order valence-electron chi connectivity index (χ1n) is 9.02. The largest absolute Gasteiger partial charge is 0.351 e. The minimum absolute atomic E-state index is 0.0250. The van der Waals surface area contributed by atoms with Crippen LogP contribution in [-0.2, 0) is 22.6 Å². The summed E-state index contributed by atoms with van der Waals surface area (Å²) in [7, 11) is 0. The van der Waals surface area contributed by atoms with Crippen molar-refractivity contribution in [2.24, 2.45) is 0 Å². The van der Waals surface area contributed by atoms with Crippen LogP contribution >= 0.6 is 0 Å². The van der Waals surface area contributed by atoms with Gasteiger partial charge in [0.25, 0.3) is 0 Å². The molecule has 2 amide bonds. The molecule has 2 aromatic rings. The van der Waals surface area contributed by atoms with Gasteiger partial charge in [0, 0.05) is 19.9 Å². The van der Waals surface area contributed by atoms with Gasteiger partial charge in [-0.15, -0.1) is 0 Å². The highest BCUT2D eigenvalue weighted by atomic mass is 16.2. The highest BCUT2D eigenvalue weighted by Gasteiger charge is 2.30. The molecule has 0 aliphatic carbocycles. The zero-order chi connectivity index (χ0) is 18.4.